The van der Waals surface area contributed by atoms with E-state index in [4.69, 9.17) is 10.5 Å². The highest BCUT2D eigenvalue weighted by Crippen LogP contribution is 2.33. The fourth-order valence-electron chi connectivity index (χ4n) is 1.47. The van der Waals surface area contributed by atoms with Crippen LogP contribution in [0.5, 0.6) is 5.75 Å². The van der Waals surface area contributed by atoms with Crippen molar-refractivity contribution in [1.29, 1.82) is 0 Å². The minimum Gasteiger partial charge on any atom is -0.496 e. The van der Waals surface area contributed by atoms with Gasteiger partial charge >= 0.3 is 0 Å². The van der Waals surface area contributed by atoms with E-state index in [1.165, 1.54) is 19.2 Å². The third-order valence-electron chi connectivity index (χ3n) is 3.83. The number of benzene rings is 1. The molecule has 1 aromatic carbocycles. The van der Waals surface area contributed by atoms with Gasteiger partial charge in [0.25, 0.3) is 5.69 Å². The van der Waals surface area contributed by atoms with E-state index < -0.39 is 15.9 Å². The third-order valence-corrected chi connectivity index (χ3v) is 3.83. The van der Waals surface area contributed by atoms with Gasteiger partial charge in [0.2, 0.25) is 5.91 Å². The summed E-state index contributed by atoms with van der Waals surface area (Å²) in [5.74, 6) is -0.0404. The highest BCUT2D eigenvalue weighted by Gasteiger charge is 2.41. The number of ether oxygens (including phenoxy) is 1. The lowest BCUT2D eigenvalue weighted by Crippen LogP contribution is -2.53. The molecular formula is C14H21N3O4. The van der Waals surface area contributed by atoms with Crippen LogP contribution in [0.15, 0.2) is 18.2 Å². The Morgan fingerprint density at radius 1 is 1.33 bits per heavy atom. The normalized spacial score (nSPS) is 11.9. The zero-order valence-corrected chi connectivity index (χ0v) is 12.9. The Hall–Kier alpha value is -2.15. The number of nitro benzene ring substituents is 1. The summed E-state index contributed by atoms with van der Waals surface area (Å²) in [4.78, 5) is 22.9. The molecule has 7 nitrogen and oxygen atoms in total. The van der Waals surface area contributed by atoms with Gasteiger partial charge in [0, 0.05) is 5.54 Å². The van der Waals surface area contributed by atoms with Crippen LogP contribution < -0.4 is 15.8 Å². The second kappa shape index (κ2) is 5.69. The van der Waals surface area contributed by atoms with E-state index in [9.17, 15) is 14.9 Å². The maximum atomic E-state index is 12.4. The second-order valence-electron chi connectivity index (χ2n) is 5.94. The summed E-state index contributed by atoms with van der Waals surface area (Å²) in [7, 11) is 1.41. The van der Waals surface area contributed by atoms with Gasteiger partial charge in [0.05, 0.1) is 23.5 Å². The van der Waals surface area contributed by atoms with Crippen molar-refractivity contribution in [3.05, 3.63) is 28.3 Å². The number of nitro groups is 1. The molecule has 0 saturated carbocycles. The van der Waals surface area contributed by atoms with E-state index in [1.807, 2.05) is 0 Å². The molecule has 0 atom stereocenters. The van der Waals surface area contributed by atoms with E-state index >= 15 is 0 Å². The summed E-state index contributed by atoms with van der Waals surface area (Å²) in [5, 5.41) is 13.7. The molecule has 0 saturated heterocycles. The van der Waals surface area contributed by atoms with Crippen molar-refractivity contribution >= 4 is 17.3 Å². The van der Waals surface area contributed by atoms with E-state index in [-0.39, 0.29) is 17.3 Å². The summed E-state index contributed by atoms with van der Waals surface area (Å²) >= 11 is 0. The van der Waals surface area contributed by atoms with Crippen LogP contribution in [-0.2, 0) is 4.79 Å². The Morgan fingerprint density at radius 3 is 2.33 bits per heavy atom. The maximum Gasteiger partial charge on any atom is 0.296 e. The molecule has 3 N–H and O–H groups in total. The fraction of sp³-hybridized carbons (Fsp3) is 0.500. The molecule has 0 fully saturated rings. The average Bonchev–Trinajstić information content (AvgIpc) is 2.37. The van der Waals surface area contributed by atoms with E-state index in [0.29, 0.717) is 5.75 Å². The van der Waals surface area contributed by atoms with Crippen LogP contribution >= 0.6 is 0 Å². The third kappa shape index (κ3) is 3.49. The minimum absolute atomic E-state index is 0.114. The molecule has 1 rings (SSSR count). The van der Waals surface area contributed by atoms with Crippen LogP contribution in [0, 0.1) is 15.5 Å². The van der Waals surface area contributed by atoms with Crippen LogP contribution in [0.2, 0.25) is 0 Å². The Morgan fingerprint density at radius 2 is 1.90 bits per heavy atom. The molecule has 0 aliphatic heterocycles. The van der Waals surface area contributed by atoms with Crippen LogP contribution in [-0.4, -0.2) is 23.5 Å². The number of methoxy groups -OCH3 is 1. The Kier molecular flexibility index (Phi) is 4.58. The molecule has 0 radical (unpaired) electrons. The molecule has 0 aliphatic carbocycles. The van der Waals surface area contributed by atoms with Gasteiger partial charge in [-0.1, -0.05) is 0 Å². The molecule has 0 aromatic heterocycles. The molecule has 0 spiro atoms. The highest BCUT2D eigenvalue weighted by molar-refractivity contribution is 5.97. The summed E-state index contributed by atoms with van der Waals surface area (Å²) in [6.45, 7) is 6.85. The van der Waals surface area contributed by atoms with Crippen LogP contribution in [0.4, 0.5) is 11.4 Å². The number of nitrogens with one attached hydrogen (secondary N) is 1. The molecule has 1 aromatic rings. The number of hydrogen-bond donors (Lipinski definition) is 2. The Bertz CT molecular complexity index is 562. The topological polar surface area (TPSA) is 107 Å². The van der Waals surface area contributed by atoms with Gasteiger partial charge < -0.3 is 15.8 Å². The molecule has 0 aliphatic rings. The lowest BCUT2D eigenvalue weighted by molar-refractivity contribution is -0.384. The smallest absolute Gasteiger partial charge is 0.296 e. The monoisotopic (exact) mass is 295 g/mol. The van der Waals surface area contributed by atoms with Gasteiger partial charge in [0.15, 0.2) is 0 Å². The van der Waals surface area contributed by atoms with Crippen molar-refractivity contribution in [3.63, 3.8) is 0 Å². The standard InChI is InChI=1S/C14H21N3O4/c1-13(2,14(3,4)15)12(18)16-10-7-6-9(21-5)8-11(10)17(19)20/h6-8H,15H2,1-5H3,(H,16,18). The van der Waals surface area contributed by atoms with Gasteiger partial charge in [-0.15, -0.1) is 0 Å². The van der Waals surface area contributed by atoms with Gasteiger partial charge in [-0.25, -0.2) is 0 Å². The highest BCUT2D eigenvalue weighted by atomic mass is 16.6. The van der Waals surface area contributed by atoms with Crippen molar-refractivity contribution in [1.82, 2.24) is 0 Å². The first-order valence-corrected chi connectivity index (χ1v) is 6.43. The van der Waals surface area contributed by atoms with Gasteiger partial charge in [-0.05, 0) is 39.8 Å². The molecule has 7 heteroatoms. The summed E-state index contributed by atoms with van der Waals surface area (Å²) in [5.41, 5.74) is 4.20. The minimum atomic E-state index is -0.902. The number of hydrogen-bond acceptors (Lipinski definition) is 5. The lowest BCUT2D eigenvalue weighted by Gasteiger charge is -2.36. The molecule has 0 bridgehead atoms. The number of anilines is 1. The van der Waals surface area contributed by atoms with Gasteiger partial charge in [-0.2, -0.15) is 0 Å². The van der Waals surface area contributed by atoms with Gasteiger partial charge in [0.1, 0.15) is 11.4 Å². The predicted octanol–water partition coefficient (Wildman–Crippen LogP) is 2.31. The molecule has 21 heavy (non-hydrogen) atoms. The van der Waals surface area contributed by atoms with E-state index in [0.717, 1.165) is 0 Å². The average molecular weight is 295 g/mol. The second-order valence-corrected chi connectivity index (χ2v) is 5.94. The number of carbonyl (C=O) groups is 1. The van der Waals surface area contributed by atoms with E-state index in [2.05, 4.69) is 5.32 Å². The first-order chi connectivity index (χ1) is 9.50. The largest absolute Gasteiger partial charge is 0.496 e. The first-order valence-electron chi connectivity index (χ1n) is 6.43. The first kappa shape index (κ1) is 16.9. The van der Waals surface area contributed by atoms with Crippen molar-refractivity contribution in [3.8, 4) is 5.75 Å². The zero-order chi connectivity index (χ0) is 16.4. The number of rotatable bonds is 5. The molecule has 1 amide bonds. The number of carbonyl (C=O) groups excluding carboxylic acids is 1. The summed E-state index contributed by atoms with van der Waals surface area (Å²) in [6, 6.07) is 4.24. The van der Waals surface area contributed by atoms with Crippen LogP contribution in [0.3, 0.4) is 0 Å². The van der Waals surface area contributed by atoms with Crippen molar-refractivity contribution in [2.45, 2.75) is 33.2 Å². The molecule has 0 heterocycles. The molecule has 0 unspecified atom stereocenters. The lowest BCUT2D eigenvalue weighted by atomic mass is 9.74. The number of amides is 1. The fourth-order valence-corrected chi connectivity index (χ4v) is 1.47. The quantitative estimate of drug-likeness (QED) is 0.640. The zero-order valence-electron chi connectivity index (χ0n) is 12.9. The van der Waals surface area contributed by atoms with Crippen molar-refractivity contribution in [2.75, 3.05) is 12.4 Å². The predicted molar refractivity (Wildman–Crippen MR) is 80.3 cm³/mol. The van der Waals surface area contributed by atoms with E-state index in [1.54, 1.807) is 33.8 Å². The molecule has 116 valence electrons. The van der Waals surface area contributed by atoms with Gasteiger partial charge in [-0.3, -0.25) is 14.9 Å². The molecular weight excluding hydrogens is 274 g/mol. The van der Waals surface area contributed by atoms with Crippen LogP contribution in [0.1, 0.15) is 27.7 Å². The summed E-state index contributed by atoms with van der Waals surface area (Å²) in [6.07, 6.45) is 0. The van der Waals surface area contributed by atoms with Crippen molar-refractivity contribution in [2.24, 2.45) is 11.1 Å². The number of nitrogens with two attached hydrogens (primary N) is 1. The van der Waals surface area contributed by atoms with Crippen LogP contribution in [0.25, 0.3) is 0 Å². The van der Waals surface area contributed by atoms with Crippen molar-refractivity contribution < 1.29 is 14.5 Å². The Balaban J connectivity index is 3.14. The summed E-state index contributed by atoms with van der Waals surface area (Å²) < 4.78 is 4.95. The maximum absolute atomic E-state index is 12.4. The SMILES string of the molecule is COc1ccc(NC(=O)C(C)(C)C(C)(C)N)c([N+](=O)[O-])c1. The number of nitrogens with zero attached hydrogens (tertiary/aromatic N) is 1. The Labute approximate surface area is 123 Å².